The predicted octanol–water partition coefficient (Wildman–Crippen LogP) is 7.66. The SMILES string of the molecule is CC.c1ccc(CN(Sc2cccc(CNCc3ccccn3)c2)c2cccc3cccnc23)cc1. The molecule has 2 heterocycles. The van der Waals surface area contributed by atoms with Crippen LogP contribution in [-0.4, -0.2) is 9.97 Å². The average molecular weight is 493 g/mol. The molecule has 5 heteroatoms. The number of nitrogens with zero attached hydrogens (tertiary/aromatic N) is 3. The van der Waals surface area contributed by atoms with Gasteiger partial charge in [0.05, 0.1) is 23.4 Å². The van der Waals surface area contributed by atoms with Crippen LogP contribution in [0.1, 0.15) is 30.7 Å². The molecule has 0 spiro atoms. The summed E-state index contributed by atoms with van der Waals surface area (Å²) in [5, 5.41) is 4.64. The number of para-hydroxylation sites is 1. The third kappa shape index (κ3) is 6.94. The molecule has 0 bridgehead atoms. The highest BCUT2D eigenvalue weighted by Gasteiger charge is 2.14. The summed E-state index contributed by atoms with van der Waals surface area (Å²) in [5.41, 5.74) is 5.69. The second-order valence-electron chi connectivity index (χ2n) is 8.04. The molecule has 0 unspecified atom stereocenters. The zero-order valence-electron chi connectivity index (χ0n) is 20.8. The topological polar surface area (TPSA) is 41.0 Å². The Kier molecular flexibility index (Phi) is 9.48. The first-order chi connectivity index (χ1) is 17.8. The maximum Gasteiger partial charge on any atom is 0.0943 e. The molecular formula is C31H32N4S. The van der Waals surface area contributed by atoms with E-state index in [4.69, 9.17) is 4.98 Å². The average Bonchev–Trinajstić information content (AvgIpc) is 2.95. The van der Waals surface area contributed by atoms with Crippen molar-refractivity contribution in [2.45, 2.75) is 38.4 Å². The van der Waals surface area contributed by atoms with E-state index in [1.54, 1.807) is 11.9 Å². The van der Waals surface area contributed by atoms with Crippen LogP contribution in [0.25, 0.3) is 10.9 Å². The van der Waals surface area contributed by atoms with Gasteiger partial charge in [-0.25, -0.2) is 0 Å². The molecule has 5 rings (SSSR count). The van der Waals surface area contributed by atoms with E-state index in [0.717, 1.165) is 41.9 Å². The van der Waals surface area contributed by atoms with Crippen molar-refractivity contribution in [1.82, 2.24) is 15.3 Å². The van der Waals surface area contributed by atoms with Gasteiger partial charge in [-0.15, -0.1) is 0 Å². The van der Waals surface area contributed by atoms with Gasteiger partial charge in [0.25, 0.3) is 0 Å². The van der Waals surface area contributed by atoms with Crippen LogP contribution in [0, 0.1) is 0 Å². The third-order valence-corrected chi connectivity index (χ3v) is 6.54. The smallest absolute Gasteiger partial charge is 0.0943 e. The van der Waals surface area contributed by atoms with Gasteiger partial charge < -0.3 is 9.62 Å². The first-order valence-corrected chi connectivity index (χ1v) is 13.2. The van der Waals surface area contributed by atoms with Crippen LogP contribution in [0.5, 0.6) is 0 Å². The molecule has 5 aromatic rings. The number of hydrogen-bond acceptors (Lipinski definition) is 5. The standard InChI is InChI=1S/C29H26N4S.C2H6/c1-2-9-23(10-3-1)22-33(28-16-7-12-25-13-8-18-32-29(25)28)34-27-15-6-11-24(19-27)20-30-21-26-14-4-5-17-31-26;1-2/h1-19,30H,20-22H2;1-2H3. The molecule has 0 saturated heterocycles. The van der Waals surface area contributed by atoms with Crippen LogP contribution < -0.4 is 9.62 Å². The molecule has 0 aliphatic heterocycles. The Morgan fingerprint density at radius 1 is 0.694 bits per heavy atom. The summed E-state index contributed by atoms with van der Waals surface area (Å²) in [6.45, 7) is 6.32. The Balaban J connectivity index is 0.00000148. The van der Waals surface area contributed by atoms with E-state index in [9.17, 15) is 0 Å². The van der Waals surface area contributed by atoms with E-state index in [0.29, 0.717) is 0 Å². The second-order valence-corrected chi connectivity index (χ2v) is 9.13. The van der Waals surface area contributed by atoms with E-state index in [2.05, 4.69) is 93.5 Å². The number of aromatic nitrogens is 2. The van der Waals surface area contributed by atoms with Gasteiger partial charge in [-0.05, 0) is 59.5 Å². The van der Waals surface area contributed by atoms with Crippen LogP contribution in [0.2, 0.25) is 0 Å². The monoisotopic (exact) mass is 492 g/mol. The summed E-state index contributed by atoms with van der Waals surface area (Å²) in [7, 11) is 0. The highest BCUT2D eigenvalue weighted by Crippen LogP contribution is 2.35. The maximum absolute atomic E-state index is 4.70. The largest absolute Gasteiger partial charge is 0.307 e. The molecule has 0 atom stereocenters. The molecule has 3 aromatic carbocycles. The van der Waals surface area contributed by atoms with Crippen LogP contribution >= 0.6 is 11.9 Å². The lowest BCUT2D eigenvalue weighted by Gasteiger charge is -2.25. The molecule has 182 valence electrons. The van der Waals surface area contributed by atoms with Gasteiger partial charge in [-0.2, -0.15) is 0 Å². The molecule has 2 aromatic heterocycles. The van der Waals surface area contributed by atoms with E-state index < -0.39 is 0 Å². The highest BCUT2D eigenvalue weighted by molar-refractivity contribution is 8.00. The Labute approximate surface area is 218 Å². The van der Waals surface area contributed by atoms with E-state index in [-0.39, 0.29) is 0 Å². The lowest BCUT2D eigenvalue weighted by Crippen LogP contribution is -2.15. The highest BCUT2D eigenvalue weighted by atomic mass is 32.2. The number of hydrogen-bond donors (Lipinski definition) is 1. The van der Waals surface area contributed by atoms with Crippen molar-refractivity contribution >= 4 is 28.5 Å². The second kappa shape index (κ2) is 13.4. The van der Waals surface area contributed by atoms with Crippen LogP contribution in [0.3, 0.4) is 0 Å². The molecule has 1 N–H and O–H groups in total. The van der Waals surface area contributed by atoms with E-state index >= 15 is 0 Å². The summed E-state index contributed by atoms with van der Waals surface area (Å²) < 4.78 is 2.34. The van der Waals surface area contributed by atoms with Gasteiger partial charge in [0.1, 0.15) is 0 Å². The summed E-state index contributed by atoms with van der Waals surface area (Å²) in [6, 6.07) is 35.8. The third-order valence-electron chi connectivity index (χ3n) is 5.52. The molecule has 0 radical (unpaired) electrons. The molecule has 4 nitrogen and oxygen atoms in total. The quantitative estimate of drug-likeness (QED) is 0.214. The zero-order chi connectivity index (χ0) is 25.0. The van der Waals surface area contributed by atoms with E-state index in [1.165, 1.54) is 16.0 Å². The van der Waals surface area contributed by atoms with Crippen molar-refractivity contribution in [1.29, 1.82) is 0 Å². The van der Waals surface area contributed by atoms with Crippen LogP contribution in [0.4, 0.5) is 5.69 Å². The Morgan fingerprint density at radius 2 is 1.44 bits per heavy atom. The minimum absolute atomic E-state index is 0.750. The van der Waals surface area contributed by atoms with Crippen molar-refractivity contribution < 1.29 is 0 Å². The summed E-state index contributed by atoms with van der Waals surface area (Å²) >= 11 is 1.75. The first-order valence-electron chi connectivity index (χ1n) is 12.4. The van der Waals surface area contributed by atoms with Crippen molar-refractivity contribution in [3.8, 4) is 0 Å². The Hall–Kier alpha value is -3.67. The summed E-state index contributed by atoms with van der Waals surface area (Å²) in [6.07, 6.45) is 3.70. The number of anilines is 1. The zero-order valence-corrected chi connectivity index (χ0v) is 21.7. The van der Waals surface area contributed by atoms with Crippen molar-refractivity contribution in [2.24, 2.45) is 0 Å². The molecule has 0 fully saturated rings. The molecule has 0 amide bonds. The minimum atomic E-state index is 0.750. The van der Waals surface area contributed by atoms with Crippen molar-refractivity contribution in [3.63, 3.8) is 0 Å². The summed E-state index contributed by atoms with van der Waals surface area (Å²) in [5.74, 6) is 0. The fourth-order valence-electron chi connectivity index (χ4n) is 3.88. The molecule has 0 saturated carbocycles. The lowest BCUT2D eigenvalue weighted by atomic mass is 10.1. The molecule has 0 aliphatic carbocycles. The van der Waals surface area contributed by atoms with Gasteiger partial charge in [0.2, 0.25) is 0 Å². The fourth-order valence-corrected chi connectivity index (χ4v) is 4.94. The number of nitrogens with one attached hydrogen (secondary N) is 1. The van der Waals surface area contributed by atoms with Gasteiger partial charge in [-0.1, -0.05) is 80.6 Å². The Bertz CT molecular complexity index is 1340. The van der Waals surface area contributed by atoms with E-state index in [1.807, 2.05) is 50.5 Å². The normalized spacial score (nSPS) is 10.5. The molecular weight excluding hydrogens is 460 g/mol. The van der Waals surface area contributed by atoms with Gasteiger partial charge in [0, 0.05) is 35.8 Å². The predicted molar refractivity (Wildman–Crippen MR) is 153 cm³/mol. The molecule has 36 heavy (non-hydrogen) atoms. The van der Waals surface area contributed by atoms with Crippen molar-refractivity contribution in [3.05, 3.63) is 132 Å². The summed E-state index contributed by atoms with van der Waals surface area (Å²) in [4.78, 5) is 10.3. The minimum Gasteiger partial charge on any atom is -0.307 e. The number of rotatable bonds is 9. The number of pyridine rings is 2. The number of benzene rings is 3. The van der Waals surface area contributed by atoms with Crippen LogP contribution in [0.15, 0.2) is 120 Å². The first kappa shape index (κ1) is 25.4. The van der Waals surface area contributed by atoms with Gasteiger partial charge in [-0.3, -0.25) is 9.97 Å². The Morgan fingerprint density at radius 3 is 2.28 bits per heavy atom. The van der Waals surface area contributed by atoms with Crippen molar-refractivity contribution in [2.75, 3.05) is 4.31 Å². The lowest BCUT2D eigenvalue weighted by molar-refractivity contribution is 0.679. The fraction of sp³-hybridized carbons (Fsp3) is 0.161. The molecule has 0 aliphatic rings. The maximum atomic E-state index is 4.70. The number of fused-ring (bicyclic) bond motifs is 1. The van der Waals surface area contributed by atoms with Gasteiger partial charge in [0.15, 0.2) is 0 Å². The van der Waals surface area contributed by atoms with Gasteiger partial charge >= 0.3 is 0 Å². The van der Waals surface area contributed by atoms with Crippen LogP contribution in [-0.2, 0) is 19.6 Å².